The molecule has 1 fully saturated rings. The molecule has 0 amide bonds. The van der Waals surface area contributed by atoms with Crippen molar-refractivity contribution in [3.8, 4) is 0 Å². The van der Waals surface area contributed by atoms with Crippen LogP contribution in [-0.2, 0) is 19.6 Å². The fraction of sp³-hybridized carbons (Fsp3) is 0.500. The molecule has 0 saturated carbocycles. The van der Waals surface area contributed by atoms with E-state index in [2.05, 4.69) is 74.4 Å². The molecule has 1 aliphatic rings. The van der Waals surface area contributed by atoms with E-state index < -0.39 is 0 Å². The Bertz CT molecular complexity index is 661. The van der Waals surface area contributed by atoms with E-state index in [1.807, 2.05) is 10.9 Å². The minimum Gasteiger partial charge on any atom is -0.379 e. The van der Waals surface area contributed by atoms with E-state index in [1.54, 1.807) is 0 Å². The number of benzene rings is 1. The highest BCUT2D eigenvalue weighted by molar-refractivity contribution is 9.10. The van der Waals surface area contributed by atoms with Crippen LogP contribution in [-0.4, -0.2) is 52.8 Å². The molecule has 0 unspecified atom stereocenters. The maximum atomic E-state index is 4.31. The second-order valence-electron chi connectivity index (χ2n) is 6.38. The first kappa shape index (κ1) is 17.5. The van der Waals surface area contributed by atoms with Gasteiger partial charge in [-0.05, 0) is 37.7 Å². The molecule has 3 rings (SSSR count). The van der Waals surface area contributed by atoms with Gasteiger partial charge in [0.25, 0.3) is 0 Å². The quantitative estimate of drug-likeness (QED) is 0.820. The van der Waals surface area contributed by atoms with Crippen molar-refractivity contribution >= 4 is 21.6 Å². The monoisotopic (exact) mass is 391 g/mol. The minimum atomic E-state index is 0.790. The summed E-state index contributed by atoms with van der Waals surface area (Å²) in [6.45, 7) is 9.41. The van der Waals surface area contributed by atoms with E-state index in [-0.39, 0.29) is 0 Å². The lowest BCUT2D eigenvalue weighted by Gasteiger charge is -2.32. The molecule has 1 saturated heterocycles. The van der Waals surface area contributed by atoms with E-state index in [0.29, 0.717) is 0 Å². The van der Waals surface area contributed by atoms with Crippen LogP contribution in [0.25, 0.3) is 0 Å². The van der Waals surface area contributed by atoms with Gasteiger partial charge < -0.3 is 10.2 Å². The van der Waals surface area contributed by atoms with Crippen molar-refractivity contribution in [2.24, 2.45) is 0 Å². The zero-order valence-electron chi connectivity index (χ0n) is 14.5. The van der Waals surface area contributed by atoms with Crippen molar-refractivity contribution in [3.63, 3.8) is 0 Å². The molecule has 0 bridgehead atoms. The molecule has 0 spiro atoms. The molecule has 2 aromatic rings. The first-order valence-corrected chi connectivity index (χ1v) is 9.39. The molecule has 0 aliphatic carbocycles. The van der Waals surface area contributed by atoms with Crippen LogP contribution in [0.15, 0.2) is 34.9 Å². The lowest BCUT2D eigenvalue weighted by atomic mass is 10.1. The van der Waals surface area contributed by atoms with Gasteiger partial charge in [-0.1, -0.05) is 22.0 Å². The van der Waals surface area contributed by atoms with Gasteiger partial charge in [0.05, 0.1) is 12.2 Å². The third kappa shape index (κ3) is 4.37. The molecule has 1 N–H and O–H groups in total. The summed E-state index contributed by atoms with van der Waals surface area (Å²) in [4.78, 5) is 4.91. The lowest BCUT2D eigenvalue weighted by Crippen LogP contribution is -2.43. The van der Waals surface area contributed by atoms with Crippen molar-refractivity contribution in [3.05, 3.63) is 46.2 Å². The number of piperazine rings is 1. The molecule has 1 aromatic carbocycles. The van der Waals surface area contributed by atoms with Crippen LogP contribution >= 0.6 is 15.9 Å². The van der Waals surface area contributed by atoms with Crippen molar-refractivity contribution in [1.29, 1.82) is 0 Å². The average Bonchev–Trinajstić information content (AvgIpc) is 3.04. The van der Waals surface area contributed by atoms with Crippen LogP contribution < -0.4 is 5.32 Å². The van der Waals surface area contributed by atoms with Gasteiger partial charge in [0.1, 0.15) is 0 Å². The van der Waals surface area contributed by atoms with Gasteiger partial charge in [-0.3, -0.25) is 9.58 Å². The normalized spacial score (nSPS) is 16.5. The molecule has 1 aromatic heterocycles. The Kier molecular flexibility index (Phi) is 5.92. The van der Waals surface area contributed by atoms with Crippen molar-refractivity contribution in [2.75, 3.05) is 38.5 Å². The fourth-order valence-electron chi connectivity index (χ4n) is 3.02. The van der Waals surface area contributed by atoms with E-state index in [9.17, 15) is 0 Å². The van der Waals surface area contributed by atoms with Crippen LogP contribution in [0.1, 0.15) is 18.2 Å². The summed E-state index contributed by atoms with van der Waals surface area (Å²) in [6, 6.07) is 8.63. The fourth-order valence-corrected chi connectivity index (χ4v) is 3.52. The molecular weight excluding hydrogens is 366 g/mol. The Morgan fingerprint density at radius 2 is 1.96 bits per heavy atom. The highest BCUT2D eigenvalue weighted by Gasteiger charge is 2.15. The Morgan fingerprint density at radius 3 is 2.67 bits per heavy atom. The number of aryl methyl sites for hydroxylation is 1. The highest BCUT2D eigenvalue weighted by Crippen LogP contribution is 2.23. The predicted octanol–water partition coefficient (Wildman–Crippen LogP) is 3.03. The number of hydrogen-bond donors (Lipinski definition) is 1. The number of likely N-dealkylation sites (N-methyl/N-ethyl adjacent to an activating group) is 1. The largest absolute Gasteiger partial charge is 0.379 e. The number of anilines is 1. The summed E-state index contributed by atoms with van der Waals surface area (Å²) in [5.41, 5.74) is 3.69. The topological polar surface area (TPSA) is 36.3 Å². The molecule has 0 radical (unpaired) electrons. The van der Waals surface area contributed by atoms with Crippen LogP contribution in [0.5, 0.6) is 0 Å². The summed E-state index contributed by atoms with van der Waals surface area (Å²) in [6.07, 6.45) is 1.86. The Balaban J connectivity index is 1.58. The summed E-state index contributed by atoms with van der Waals surface area (Å²) in [7, 11) is 2.19. The minimum absolute atomic E-state index is 0.790. The lowest BCUT2D eigenvalue weighted by molar-refractivity contribution is 0.148. The first-order valence-electron chi connectivity index (χ1n) is 8.59. The van der Waals surface area contributed by atoms with E-state index in [4.69, 9.17) is 0 Å². The molecule has 5 nitrogen and oxygen atoms in total. The van der Waals surface area contributed by atoms with Gasteiger partial charge in [0.2, 0.25) is 0 Å². The third-order valence-corrected chi connectivity index (χ3v) is 5.36. The summed E-state index contributed by atoms with van der Waals surface area (Å²) < 4.78 is 3.19. The second kappa shape index (κ2) is 8.14. The first-order chi connectivity index (χ1) is 11.7. The van der Waals surface area contributed by atoms with Gasteiger partial charge in [-0.15, -0.1) is 0 Å². The van der Waals surface area contributed by atoms with Gasteiger partial charge >= 0.3 is 0 Å². The standard InChI is InChI=1S/C18H26BrN5/c1-3-24-17(6-7-21-24)13-20-16-5-4-15(18(19)12-16)14-23-10-8-22(2)9-11-23/h4-7,12,20H,3,8-11,13-14H2,1-2H3. The SMILES string of the molecule is CCn1nccc1CNc1ccc(CN2CCN(C)CC2)c(Br)c1. The summed E-state index contributed by atoms with van der Waals surface area (Å²) >= 11 is 3.74. The smallest absolute Gasteiger partial charge is 0.0575 e. The van der Waals surface area contributed by atoms with Crippen molar-refractivity contribution in [1.82, 2.24) is 19.6 Å². The highest BCUT2D eigenvalue weighted by atomic mass is 79.9. The summed E-state index contributed by atoms with van der Waals surface area (Å²) in [5.74, 6) is 0. The predicted molar refractivity (Wildman–Crippen MR) is 102 cm³/mol. The Morgan fingerprint density at radius 1 is 1.17 bits per heavy atom. The van der Waals surface area contributed by atoms with Crippen molar-refractivity contribution in [2.45, 2.75) is 26.6 Å². The Labute approximate surface area is 152 Å². The van der Waals surface area contributed by atoms with Gasteiger partial charge in [-0.25, -0.2) is 0 Å². The molecule has 24 heavy (non-hydrogen) atoms. The number of aromatic nitrogens is 2. The molecule has 2 heterocycles. The van der Waals surface area contributed by atoms with Crippen LogP contribution in [0.3, 0.4) is 0 Å². The van der Waals surface area contributed by atoms with E-state index in [0.717, 1.165) is 51.5 Å². The Hall–Kier alpha value is -1.37. The maximum Gasteiger partial charge on any atom is 0.0575 e. The number of nitrogens with zero attached hydrogens (tertiary/aromatic N) is 4. The van der Waals surface area contributed by atoms with Gasteiger partial charge in [-0.2, -0.15) is 5.10 Å². The molecule has 6 heteroatoms. The van der Waals surface area contributed by atoms with Crippen molar-refractivity contribution < 1.29 is 0 Å². The molecular formula is C18H26BrN5. The molecule has 0 atom stereocenters. The zero-order chi connectivity index (χ0) is 16.9. The number of halogens is 1. The number of nitrogens with one attached hydrogen (secondary N) is 1. The second-order valence-corrected chi connectivity index (χ2v) is 7.23. The van der Waals surface area contributed by atoms with E-state index in [1.165, 1.54) is 15.7 Å². The van der Waals surface area contributed by atoms with Crippen LogP contribution in [0, 0.1) is 0 Å². The zero-order valence-corrected chi connectivity index (χ0v) is 16.1. The molecule has 1 aliphatic heterocycles. The van der Waals surface area contributed by atoms with Crippen LogP contribution in [0.2, 0.25) is 0 Å². The number of hydrogen-bond acceptors (Lipinski definition) is 4. The molecule has 130 valence electrons. The third-order valence-electron chi connectivity index (χ3n) is 4.62. The van der Waals surface area contributed by atoms with Gasteiger partial charge in [0, 0.05) is 55.6 Å². The van der Waals surface area contributed by atoms with Crippen LogP contribution in [0.4, 0.5) is 5.69 Å². The average molecular weight is 392 g/mol. The van der Waals surface area contributed by atoms with Gasteiger partial charge in [0.15, 0.2) is 0 Å². The van der Waals surface area contributed by atoms with E-state index >= 15 is 0 Å². The summed E-state index contributed by atoms with van der Waals surface area (Å²) in [5, 5.41) is 7.80. The maximum absolute atomic E-state index is 4.31. The number of rotatable bonds is 6.